The molecular weight excluding hydrogens is 68.3 g/mol. The Morgan fingerprint density at radius 3 is 1.00 bits per heavy atom. The minimum Gasteiger partial charge on any atom is -1.00 e. The molecule has 0 aromatic carbocycles. The first-order valence-electron chi connectivity index (χ1n) is 0. The summed E-state index contributed by atoms with van der Waals surface area (Å²) in [4.78, 5) is 0. The molecule has 0 fully saturated rings. The fourth-order valence-corrected chi connectivity index (χ4v) is 0. The van der Waals surface area contributed by atoms with E-state index in [4.69, 9.17) is 0 Å². The summed E-state index contributed by atoms with van der Waals surface area (Å²) in [7, 11) is 0. The van der Waals surface area contributed by atoms with E-state index < -0.39 is 0 Å². The topological polar surface area (TPSA) is 63.0 Å². The van der Waals surface area contributed by atoms with Crippen LogP contribution in [0.1, 0.15) is 10.3 Å². The summed E-state index contributed by atoms with van der Waals surface area (Å²) in [6.45, 7) is 0. The maximum absolute atomic E-state index is 0. The van der Waals surface area contributed by atoms with E-state index in [2.05, 4.69) is 0 Å². The molecule has 0 aliphatic heterocycles. The molecule has 0 radical (unpaired) electrons. The van der Waals surface area contributed by atoms with Gasteiger partial charge in [0.2, 0.25) is 0 Å². The molecule has 0 amide bonds. The summed E-state index contributed by atoms with van der Waals surface area (Å²) in [5.41, 5.74) is 0. The van der Waals surface area contributed by atoms with E-state index in [0.29, 0.717) is 0 Å². The second-order valence-electron chi connectivity index (χ2n) is 0. The van der Waals surface area contributed by atoms with Crippen LogP contribution in [-0.2, 0) is 0 Å². The molecule has 0 spiro atoms. The molecule has 0 aliphatic carbocycles. The van der Waals surface area contributed by atoms with Gasteiger partial charge in [0.1, 0.15) is 0 Å². The molecule has 0 unspecified atom stereocenters. The minimum atomic E-state index is 0. The van der Waals surface area contributed by atoms with Crippen LogP contribution in [0.5, 0.6) is 0 Å². The largest absolute Gasteiger partial charge is 2.00 e. The van der Waals surface area contributed by atoms with Crippen LogP contribution in [0.25, 0.3) is 0 Å². The van der Waals surface area contributed by atoms with Crippen LogP contribution in [0.15, 0.2) is 0 Å². The molecule has 0 aromatic rings. The Labute approximate surface area is 44.9 Å². The number of hydrogen-bond acceptors (Lipinski definition) is 0. The third kappa shape index (κ3) is 16.2. The molecule has 0 aliphatic rings. The molecule has 4 heavy (non-hydrogen) atoms. The molecule has 0 rings (SSSR count). The Balaban J connectivity index is 0. The van der Waals surface area contributed by atoms with Gasteiger partial charge in [-0.1, -0.05) is 7.43 Å². The number of rotatable bonds is 0. The summed E-state index contributed by atoms with van der Waals surface area (Å²) in [6, 6.07) is 0. The third-order valence-electron chi connectivity index (χ3n) is 0. The zero-order chi connectivity index (χ0) is 0. The van der Waals surface area contributed by atoms with Gasteiger partial charge in [-0.15, -0.1) is 0 Å². The van der Waals surface area contributed by atoms with Crippen molar-refractivity contribution < 1.29 is 13.8 Å². The average molecular weight is 78.4 g/mol. The molecule has 0 heterocycles. The zero-order valence-electron chi connectivity index (χ0n) is 3.71. The minimum absolute atomic E-state index is 0. The van der Waals surface area contributed by atoms with Gasteiger partial charge in [0.05, 0.1) is 0 Å². The van der Waals surface area contributed by atoms with Crippen molar-refractivity contribution in [1.82, 2.24) is 0 Å². The van der Waals surface area contributed by atoms with E-state index in [1.165, 1.54) is 0 Å². The summed E-state index contributed by atoms with van der Waals surface area (Å²) >= 11 is 0. The predicted octanol–water partition coefficient (Wildman–Crippen LogP) is -1.17. The first-order chi connectivity index (χ1) is 0. The van der Waals surface area contributed by atoms with E-state index in [9.17, 15) is 0 Å². The van der Waals surface area contributed by atoms with E-state index >= 15 is 0 Å². The van der Waals surface area contributed by atoms with Crippen LogP contribution in [0, 0.1) is 0 Å². The summed E-state index contributed by atoms with van der Waals surface area (Å²) in [6.07, 6.45) is 0. The molecule has 0 bridgehead atoms. The Morgan fingerprint density at radius 1 is 1.00 bits per heavy atom. The number of hydrogen-bond donors (Lipinski definition) is 0. The molecule has 28 valence electrons. The molecule has 3 heteroatoms. The van der Waals surface area contributed by atoms with Crippen molar-refractivity contribution in [3.63, 3.8) is 0 Å². The zero-order valence-corrected chi connectivity index (χ0v) is 3.12. The first-order valence-corrected chi connectivity index (χ1v) is 0. The summed E-state index contributed by atoms with van der Waals surface area (Å²) in [5, 5.41) is 0. The van der Waals surface area contributed by atoms with Crippen LogP contribution < -0.4 is 0 Å². The van der Waals surface area contributed by atoms with Crippen LogP contribution in [0.3, 0.4) is 0 Å². The van der Waals surface area contributed by atoms with Gasteiger partial charge in [0.25, 0.3) is 0 Å². The fraction of sp³-hybridized carbons (Fsp3) is 1.00. The molecule has 4 N–H and O–H groups in total. The van der Waals surface area contributed by atoms with Crippen molar-refractivity contribution >= 4 is 23.1 Å². The third-order valence-corrected chi connectivity index (χ3v) is 0. The van der Waals surface area contributed by atoms with Crippen LogP contribution >= 0.6 is 0 Å². The van der Waals surface area contributed by atoms with Gasteiger partial charge in [-0.2, -0.15) is 0 Å². The molecule has 2 nitrogen and oxygen atoms in total. The smallest absolute Gasteiger partial charge is 1.00 e. The Morgan fingerprint density at radius 2 is 1.00 bits per heavy atom. The van der Waals surface area contributed by atoms with Crippen molar-refractivity contribution in [2.75, 3.05) is 0 Å². The molecule has 0 atom stereocenters. The maximum Gasteiger partial charge on any atom is 2.00 e. The fourth-order valence-electron chi connectivity index (χ4n) is 0. The van der Waals surface area contributed by atoms with E-state index in [1.54, 1.807) is 0 Å². The first kappa shape index (κ1) is 135. The van der Waals surface area contributed by atoms with Gasteiger partial charge < -0.3 is 13.8 Å². The van der Waals surface area contributed by atoms with Crippen molar-refractivity contribution in [1.29, 1.82) is 0 Å². The van der Waals surface area contributed by atoms with Crippen molar-refractivity contribution in [2.24, 2.45) is 0 Å². The predicted molar refractivity (Wildman–Crippen MR) is 21.9 cm³/mol. The molecule has 0 saturated heterocycles. The van der Waals surface area contributed by atoms with E-state index in [0.717, 1.165) is 0 Å². The molecule has 0 aromatic heterocycles. The Hall–Kier alpha value is 0.686. The monoisotopic (exact) mass is 78.1 g/mol. The Bertz CT molecular complexity index is 11.5. The molecular formula is CH10MgO2. The van der Waals surface area contributed by atoms with Crippen LogP contribution in [-0.4, -0.2) is 34.0 Å². The molecule has 0 saturated carbocycles. The van der Waals surface area contributed by atoms with Gasteiger partial charge in [0.15, 0.2) is 0 Å². The van der Waals surface area contributed by atoms with Crippen LogP contribution in [0.2, 0.25) is 0 Å². The van der Waals surface area contributed by atoms with Gasteiger partial charge in [-0.05, 0) is 0 Å². The quantitative estimate of drug-likeness (QED) is 0.328. The summed E-state index contributed by atoms with van der Waals surface area (Å²) < 4.78 is 0. The normalized spacial score (nSPS) is 0. The second-order valence-corrected chi connectivity index (χ2v) is 0. The standard InChI is InChI=1S/CH4.Mg.2H2O.2H/h1H4;;2*1H2;;/q;+2;;;2*-1. The van der Waals surface area contributed by atoms with E-state index in [1.807, 2.05) is 0 Å². The Kier molecular flexibility index (Phi) is 1910. The summed E-state index contributed by atoms with van der Waals surface area (Å²) in [5.74, 6) is 0. The average Bonchev–Trinajstić information content (AvgIpc) is 0. The van der Waals surface area contributed by atoms with Crippen molar-refractivity contribution in [2.45, 2.75) is 7.43 Å². The van der Waals surface area contributed by atoms with Crippen molar-refractivity contribution in [3.8, 4) is 0 Å². The maximum atomic E-state index is 0. The van der Waals surface area contributed by atoms with E-state index in [-0.39, 0.29) is 44.3 Å². The van der Waals surface area contributed by atoms with Crippen molar-refractivity contribution in [3.05, 3.63) is 0 Å². The second kappa shape index (κ2) is 56.5. The van der Waals surface area contributed by atoms with Gasteiger partial charge in [-0.3, -0.25) is 0 Å². The SMILES string of the molecule is C.O.O.[H-].[H-].[Mg+2]. The van der Waals surface area contributed by atoms with Gasteiger partial charge in [0, 0.05) is 0 Å². The van der Waals surface area contributed by atoms with Gasteiger partial charge >= 0.3 is 23.1 Å². The van der Waals surface area contributed by atoms with Crippen LogP contribution in [0.4, 0.5) is 0 Å². The van der Waals surface area contributed by atoms with Gasteiger partial charge in [-0.25, -0.2) is 0 Å².